The Bertz CT molecular complexity index is 310. The van der Waals surface area contributed by atoms with Gasteiger partial charge in [0, 0.05) is 18.8 Å². The minimum absolute atomic E-state index is 0.0528. The SMILES string of the molecule is CC(=O)OC1(O)CC2CCC1(C)C2(C)C. The van der Waals surface area contributed by atoms with E-state index in [1.54, 1.807) is 0 Å². The molecule has 0 saturated heterocycles. The van der Waals surface area contributed by atoms with Crippen molar-refractivity contribution < 1.29 is 14.6 Å². The van der Waals surface area contributed by atoms with Gasteiger partial charge in [0.1, 0.15) is 0 Å². The molecule has 0 aromatic rings. The average Bonchev–Trinajstić information content (AvgIpc) is 2.34. The third kappa shape index (κ3) is 1.13. The van der Waals surface area contributed by atoms with Crippen molar-refractivity contribution in [1.82, 2.24) is 0 Å². The van der Waals surface area contributed by atoms with Crippen LogP contribution in [0.15, 0.2) is 0 Å². The second-order valence-corrected chi connectivity index (χ2v) is 5.87. The van der Waals surface area contributed by atoms with Gasteiger partial charge in [-0.2, -0.15) is 0 Å². The van der Waals surface area contributed by atoms with E-state index in [1.807, 2.05) is 6.92 Å². The molecule has 2 fully saturated rings. The molecule has 0 aliphatic heterocycles. The predicted octanol–water partition coefficient (Wildman–Crippen LogP) is 2.08. The first-order chi connectivity index (χ1) is 6.73. The van der Waals surface area contributed by atoms with Crippen molar-refractivity contribution in [2.45, 2.75) is 52.7 Å². The molecule has 0 amide bonds. The summed E-state index contributed by atoms with van der Waals surface area (Å²) in [5.41, 5.74) is -0.243. The normalized spacial score (nSPS) is 46.9. The molecule has 2 bridgehead atoms. The molecule has 2 rings (SSSR count). The summed E-state index contributed by atoms with van der Waals surface area (Å²) >= 11 is 0. The second-order valence-electron chi connectivity index (χ2n) is 5.87. The van der Waals surface area contributed by atoms with E-state index in [-0.39, 0.29) is 16.8 Å². The zero-order valence-corrected chi connectivity index (χ0v) is 9.96. The number of aliphatic hydroxyl groups is 1. The van der Waals surface area contributed by atoms with Crippen molar-refractivity contribution in [3.8, 4) is 0 Å². The third-order valence-electron chi connectivity index (χ3n) is 5.13. The van der Waals surface area contributed by atoms with E-state index < -0.39 is 5.79 Å². The number of fused-ring (bicyclic) bond motifs is 2. The number of rotatable bonds is 1. The molecular weight excluding hydrogens is 192 g/mol. The summed E-state index contributed by atoms with van der Waals surface area (Å²) in [5.74, 6) is -1.17. The first-order valence-corrected chi connectivity index (χ1v) is 5.65. The predicted molar refractivity (Wildman–Crippen MR) is 55.9 cm³/mol. The average molecular weight is 212 g/mol. The standard InChI is InChI=1S/C12H20O3/c1-8(13)15-12(14)7-9-5-6-11(12,4)10(9,2)3/h9,14H,5-7H2,1-4H3. The molecule has 0 aromatic carbocycles. The fourth-order valence-electron chi connectivity index (χ4n) is 3.60. The van der Waals surface area contributed by atoms with Gasteiger partial charge in [-0.15, -0.1) is 0 Å². The van der Waals surface area contributed by atoms with Crippen LogP contribution < -0.4 is 0 Å². The van der Waals surface area contributed by atoms with Gasteiger partial charge in [0.25, 0.3) is 0 Å². The second kappa shape index (κ2) is 2.76. The van der Waals surface area contributed by atoms with Gasteiger partial charge < -0.3 is 9.84 Å². The Labute approximate surface area is 90.8 Å². The van der Waals surface area contributed by atoms with E-state index in [4.69, 9.17) is 4.74 Å². The summed E-state index contributed by atoms with van der Waals surface area (Å²) in [6.07, 6.45) is 2.66. The van der Waals surface area contributed by atoms with Crippen LogP contribution in [0.2, 0.25) is 0 Å². The molecule has 3 unspecified atom stereocenters. The van der Waals surface area contributed by atoms with Crippen LogP contribution in [0.25, 0.3) is 0 Å². The van der Waals surface area contributed by atoms with Crippen molar-refractivity contribution >= 4 is 5.97 Å². The van der Waals surface area contributed by atoms with Gasteiger partial charge in [-0.05, 0) is 24.2 Å². The van der Waals surface area contributed by atoms with Crippen LogP contribution in [0.3, 0.4) is 0 Å². The summed E-state index contributed by atoms with van der Waals surface area (Å²) < 4.78 is 5.19. The van der Waals surface area contributed by atoms with Crippen molar-refractivity contribution in [2.75, 3.05) is 0 Å². The van der Waals surface area contributed by atoms with Gasteiger partial charge in [0.2, 0.25) is 5.79 Å². The number of carbonyl (C=O) groups excluding carboxylic acids is 1. The molecule has 0 heterocycles. The van der Waals surface area contributed by atoms with Gasteiger partial charge in [-0.3, -0.25) is 4.79 Å². The highest BCUT2D eigenvalue weighted by molar-refractivity contribution is 5.66. The maximum absolute atomic E-state index is 11.1. The molecule has 2 aliphatic carbocycles. The highest BCUT2D eigenvalue weighted by Gasteiger charge is 2.70. The van der Waals surface area contributed by atoms with Crippen molar-refractivity contribution in [3.05, 3.63) is 0 Å². The van der Waals surface area contributed by atoms with Crippen LogP contribution in [0.4, 0.5) is 0 Å². The quantitative estimate of drug-likeness (QED) is 0.534. The molecule has 15 heavy (non-hydrogen) atoms. The maximum atomic E-state index is 11.1. The summed E-state index contributed by atoms with van der Waals surface area (Å²) in [7, 11) is 0. The number of esters is 1. The summed E-state index contributed by atoms with van der Waals surface area (Å²) in [6.45, 7) is 7.75. The first kappa shape index (κ1) is 10.9. The molecule has 3 nitrogen and oxygen atoms in total. The number of hydrogen-bond acceptors (Lipinski definition) is 3. The van der Waals surface area contributed by atoms with Crippen LogP contribution in [-0.2, 0) is 9.53 Å². The highest BCUT2D eigenvalue weighted by Crippen LogP contribution is 2.69. The fraction of sp³-hybridized carbons (Fsp3) is 0.917. The van der Waals surface area contributed by atoms with Crippen molar-refractivity contribution in [2.24, 2.45) is 16.7 Å². The zero-order chi connectivity index (χ0) is 11.5. The molecule has 86 valence electrons. The van der Waals surface area contributed by atoms with E-state index in [1.165, 1.54) is 6.92 Å². The molecule has 2 saturated carbocycles. The number of hydrogen-bond donors (Lipinski definition) is 1. The highest BCUT2D eigenvalue weighted by atomic mass is 16.7. The molecule has 3 atom stereocenters. The monoisotopic (exact) mass is 212 g/mol. The third-order valence-corrected chi connectivity index (χ3v) is 5.13. The van der Waals surface area contributed by atoms with E-state index in [9.17, 15) is 9.90 Å². The summed E-state index contributed by atoms with van der Waals surface area (Å²) in [4.78, 5) is 11.1. The maximum Gasteiger partial charge on any atom is 0.305 e. The van der Waals surface area contributed by atoms with Gasteiger partial charge >= 0.3 is 5.97 Å². The minimum Gasteiger partial charge on any atom is -0.433 e. The van der Waals surface area contributed by atoms with Crippen molar-refractivity contribution in [1.29, 1.82) is 0 Å². The number of carbonyl (C=O) groups is 1. The molecule has 2 aliphatic rings. The van der Waals surface area contributed by atoms with Crippen LogP contribution in [0.1, 0.15) is 47.0 Å². The summed E-state index contributed by atoms with van der Waals surface area (Å²) in [5, 5.41) is 10.5. The van der Waals surface area contributed by atoms with Gasteiger partial charge in [0.15, 0.2) is 0 Å². The summed E-state index contributed by atoms with van der Waals surface area (Å²) in [6, 6.07) is 0. The van der Waals surface area contributed by atoms with Gasteiger partial charge in [0.05, 0.1) is 0 Å². The van der Waals surface area contributed by atoms with Crippen LogP contribution >= 0.6 is 0 Å². The Kier molecular flexibility index (Phi) is 2.01. The first-order valence-electron chi connectivity index (χ1n) is 5.65. The molecular formula is C12H20O3. The lowest BCUT2D eigenvalue weighted by Gasteiger charge is -2.43. The van der Waals surface area contributed by atoms with Gasteiger partial charge in [-0.25, -0.2) is 0 Å². The molecule has 1 N–H and O–H groups in total. The smallest absolute Gasteiger partial charge is 0.305 e. The Hall–Kier alpha value is -0.570. The Balaban J connectivity index is 2.36. The van der Waals surface area contributed by atoms with Crippen LogP contribution in [-0.4, -0.2) is 16.9 Å². The molecule has 3 heteroatoms. The zero-order valence-electron chi connectivity index (χ0n) is 9.96. The lowest BCUT2D eigenvalue weighted by Crippen LogP contribution is -2.50. The van der Waals surface area contributed by atoms with E-state index in [0.717, 1.165) is 12.8 Å². The van der Waals surface area contributed by atoms with E-state index in [2.05, 4.69) is 13.8 Å². The van der Waals surface area contributed by atoms with Gasteiger partial charge in [-0.1, -0.05) is 20.8 Å². The van der Waals surface area contributed by atoms with E-state index >= 15 is 0 Å². The Morgan fingerprint density at radius 2 is 2.00 bits per heavy atom. The van der Waals surface area contributed by atoms with Crippen LogP contribution in [0.5, 0.6) is 0 Å². The molecule has 0 radical (unpaired) electrons. The lowest BCUT2D eigenvalue weighted by atomic mass is 9.68. The molecule has 0 spiro atoms. The Morgan fingerprint density at radius 1 is 1.40 bits per heavy atom. The minimum atomic E-state index is -1.24. The number of ether oxygens (including phenoxy) is 1. The fourth-order valence-corrected chi connectivity index (χ4v) is 3.60. The van der Waals surface area contributed by atoms with Crippen molar-refractivity contribution in [3.63, 3.8) is 0 Å². The van der Waals surface area contributed by atoms with E-state index in [0.29, 0.717) is 12.3 Å². The molecule has 0 aromatic heterocycles. The lowest BCUT2D eigenvalue weighted by molar-refractivity contribution is -0.259. The Morgan fingerprint density at radius 3 is 2.33 bits per heavy atom. The largest absolute Gasteiger partial charge is 0.433 e. The topological polar surface area (TPSA) is 46.5 Å². The van der Waals surface area contributed by atoms with Crippen LogP contribution in [0, 0.1) is 16.7 Å².